The summed E-state index contributed by atoms with van der Waals surface area (Å²) < 4.78 is 0. The van der Waals surface area contributed by atoms with Crippen LogP contribution in [0.5, 0.6) is 0 Å². The van der Waals surface area contributed by atoms with Crippen LogP contribution in [0.15, 0.2) is 42.6 Å². The highest BCUT2D eigenvalue weighted by atomic mass is 16.6. The van der Waals surface area contributed by atoms with E-state index in [1.807, 2.05) is 30.9 Å². The van der Waals surface area contributed by atoms with Crippen molar-refractivity contribution in [3.63, 3.8) is 0 Å². The Bertz CT molecular complexity index is 960. The Morgan fingerprint density at radius 2 is 1.94 bits per heavy atom. The first-order valence-corrected chi connectivity index (χ1v) is 10.6. The highest BCUT2D eigenvalue weighted by Gasteiger charge is 2.26. The molecule has 0 saturated carbocycles. The molecule has 1 aliphatic rings. The van der Waals surface area contributed by atoms with Gasteiger partial charge in [0, 0.05) is 50.6 Å². The maximum atomic E-state index is 12.9. The highest BCUT2D eigenvalue weighted by molar-refractivity contribution is 5.96. The maximum absolute atomic E-state index is 12.9. The zero-order valence-corrected chi connectivity index (χ0v) is 18.3. The summed E-state index contributed by atoms with van der Waals surface area (Å²) in [4.78, 5) is 43.8. The van der Waals surface area contributed by atoms with E-state index in [4.69, 9.17) is 0 Å². The van der Waals surface area contributed by atoms with Gasteiger partial charge in [-0.25, -0.2) is 0 Å². The van der Waals surface area contributed by atoms with E-state index in [1.54, 1.807) is 29.3 Å². The molecule has 1 aromatic carbocycles. The van der Waals surface area contributed by atoms with Crippen LogP contribution in [0.3, 0.4) is 0 Å². The van der Waals surface area contributed by atoms with Gasteiger partial charge in [-0.3, -0.25) is 29.6 Å². The van der Waals surface area contributed by atoms with Crippen LogP contribution in [0.4, 0.5) is 11.4 Å². The summed E-state index contributed by atoms with van der Waals surface area (Å²) >= 11 is 0. The molecule has 1 aromatic heterocycles. The molecule has 32 heavy (non-hydrogen) atoms. The molecule has 3 rings (SSSR count). The third-order valence-corrected chi connectivity index (χ3v) is 5.35. The zero-order chi connectivity index (χ0) is 23.1. The number of aromatic nitrogens is 1. The van der Waals surface area contributed by atoms with Gasteiger partial charge in [-0.15, -0.1) is 0 Å². The first kappa shape index (κ1) is 23.1. The molecule has 1 unspecified atom stereocenters. The second-order valence-electron chi connectivity index (χ2n) is 7.63. The molecular formula is C22H28N6O4. The van der Waals surface area contributed by atoms with Gasteiger partial charge in [-0.05, 0) is 38.1 Å². The number of amides is 2. The molecular weight excluding hydrogens is 412 g/mol. The molecule has 1 atom stereocenters. The number of nitro benzene ring substituents is 1. The predicted octanol–water partition coefficient (Wildman–Crippen LogP) is 2.06. The lowest BCUT2D eigenvalue weighted by Gasteiger charge is -2.34. The van der Waals surface area contributed by atoms with E-state index in [0.29, 0.717) is 45.0 Å². The summed E-state index contributed by atoms with van der Waals surface area (Å²) in [6.45, 7) is 6.70. The SMILES string of the molecule is CCNC(=O)CN1CCN(C(=O)c2ccc(NC(C)c3ccccn3)c([N+](=O)[O-])c2)CC1. The largest absolute Gasteiger partial charge is 0.371 e. The van der Waals surface area contributed by atoms with Crippen molar-refractivity contribution in [2.45, 2.75) is 19.9 Å². The normalized spacial score (nSPS) is 15.1. The molecule has 1 aliphatic heterocycles. The van der Waals surface area contributed by atoms with Crippen molar-refractivity contribution in [2.75, 3.05) is 44.6 Å². The number of pyridine rings is 1. The van der Waals surface area contributed by atoms with Gasteiger partial charge in [0.05, 0.1) is 23.2 Å². The Kier molecular flexibility index (Phi) is 7.72. The number of nitrogens with zero attached hydrogens (tertiary/aromatic N) is 4. The average Bonchev–Trinajstić information content (AvgIpc) is 2.80. The molecule has 1 fully saturated rings. The number of hydrogen-bond donors (Lipinski definition) is 2. The highest BCUT2D eigenvalue weighted by Crippen LogP contribution is 2.29. The van der Waals surface area contributed by atoms with E-state index >= 15 is 0 Å². The Morgan fingerprint density at radius 3 is 2.56 bits per heavy atom. The van der Waals surface area contributed by atoms with Crippen LogP contribution in [0.25, 0.3) is 0 Å². The average molecular weight is 441 g/mol. The van der Waals surface area contributed by atoms with E-state index in [1.165, 1.54) is 6.07 Å². The van der Waals surface area contributed by atoms with E-state index < -0.39 is 4.92 Å². The monoisotopic (exact) mass is 440 g/mol. The number of carbonyl (C=O) groups is 2. The maximum Gasteiger partial charge on any atom is 0.293 e. The number of likely N-dealkylation sites (N-methyl/N-ethyl adjacent to an activating group) is 1. The van der Waals surface area contributed by atoms with Gasteiger partial charge in [-0.2, -0.15) is 0 Å². The minimum Gasteiger partial charge on any atom is -0.371 e. The molecule has 170 valence electrons. The van der Waals surface area contributed by atoms with Crippen LogP contribution in [0.2, 0.25) is 0 Å². The number of hydrogen-bond acceptors (Lipinski definition) is 7. The lowest BCUT2D eigenvalue weighted by atomic mass is 10.1. The number of rotatable bonds is 8. The summed E-state index contributed by atoms with van der Waals surface area (Å²) in [6.07, 6.45) is 1.67. The van der Waals surface area contributed by atoms with Gasteiger partial charge in [0.25, 0.3) is 11.6 Å². The molecule has 10 heteroatoms. The number of nitrogens with one attached hydrogen (secondary N) is 2. The van der Waals surface area contributed by atoms with E-state index in [2.05, 4.69) is 15.6 Å². The standard InChI is InChI=1S/C22H28N6O4/c1-3-23-21(29)15-26-10-12-27(13-11-26)22(30)17-7-8-19(20(14-17)28(31)32)25-16(2)18-6-4-5-9-24-18/h4-9,14,16,25H,3,10-13,15H2,1-2H3,(H,23,29). The van der Waals surface area contributed by atoms with Crippen LogP contribution in [-0.4, -0.2) is 70.8 Å². The van der Waals surface area contributed by atoms with Crippen LogP contribution in [0.1, 0.15) is 35.9 Å². The van der Waals surface area contributed by atoms with Crippen molar-refractivity contribution in [1.82, 2.24) is 20.1 Å². The molecule has 1 saturated heterocycles. The summed E-state index contributed by atoms with van der Waals surface area (Å²) in [5.41, 5.74) is 1.20. The van der Waals surface area contributed by atoms with Gasteiger partial charge in [-0.1, -0.05) is 6.07 Å². The molecule has 0 spiro atoms. The van der Waals surface area contributed by atoms with Crippen LogP contribution < -0.4 is 10.6 Å². The predicted molar refractivity (Wildman–Crippen MR) is 120 cm³/mol. The van der Waals surface area contributed by atoms with Crippen molar-refractivity contribution >= 4 is 23.2 Å². The van der Waals surface area contributed by atoms with Crippen molar-refractivity contribution in [1.29, 1.82) is 0 Å². The molecule has 2 aromatic rings. The van der Waals surface area contributed by atoms with Crippen LogP contribution in [0, 0.1) is 10.1 Å². The fraction of sp³-hybridized carbons (Fsp3) is 0.409. The summed E-state index contributed by atoms with van der Waals surface area (Å²) in [6, 6.07) is 9.74. The van der Waals surface area contributed by atoms with Crippen molar-refractivity contribution in [2.24, 2.45) is 0 Å². The Morgan fingerprint density at radius 1 is 1.19 bits per heavy atom. The van der Waals surface area contributed by atoms with Crippen molar-refractivity contribution in [3.8, 4) is 0 Å². The van der Waals surface area contributed by atoms with Gasteiger partial charge in [0.2, 0.25) is 5.91 Å². The Labute approximate surface area is 186 Å². The summed E-state index contributed by atoms with van der Waals surface area (Å²) in [7, 11) is 0. The minimum absolute atomic E-state index is 0.0362. The first-order chi connectivity index (χ1) is 15.4. The molecule has 10 nitrogen and oxygen atoms in total. The van der Waals surface area contributed by atoms with Crippen molar-refractivity contribution < 1.29 is 14.5 Å². The second kappa shape index (κ2) is 10.7. The molecule has 0 radical (unpaired) electrons. The minimum atomic E-state index is -0.492. The number of nitro groups is 1. The molecule has 2 amide bonds. The molecule has 0 bridgehead atoms. The first-order valence-electron chi connectivity index (χ1n) is 10.6. The quantitative estimate of drug-likeness (QED) is 0.476. The van der Waals surface area contributed by atoms with Gasteiger partial charge in [0.1, 0.15) is 5.69 Å². The summed E-state index contributed by atoms with van der Waals surface area (Å²) in [5.74, 6) is -0.291. The zero-order valence-electron chi connectivity index (χ0n) is 18.3. The number of anilines is 1. The lowest BCUT2D eigenvalue weighted by Crippen LogP contribution is -2.51. The van der Waals surface area contributed by atoms with Gasteiger partial charge < -0.3 is 15.5 Å². The topological polar surface area (TPSA) is 121 Å². The number of piperazine rings is 1. The third-order valence-electron chi connectivity index (χ3n) is 5.35. The van der Waals surface area contributed by atoms with Gasteiger partial charge >= 0.3 is 0 Å². The number of carbonyl (C=O) groups excluding carboxylic acids is 2. The number of benzene rings is 1. The van der Waals surface area contributed by atoms with Gasteiger partial charge in [0.15, 0.2) is 0 Å². The molecule has 0 aliphatic carbocycles. The van der Waals surface area contributed by atoms with E-state index in [-0.39, 0.29) is 29.1 Å². The third kappa shape index (κ3) is 5.79. The fourth-order valence-corrected chi connectivity index (χ4v) is 3.62. The Hall–Kier alpha value is -3.53. The lowest BCUT2D eigenvalue weighted by molar-refractivity contribution is -0.384. The Balaban J connectivity index is 1.67. The van der Waals surface area contributed by atoms with E-state index in [0.717, 1.165) is 5.69 Å². The second-order valence-corrected chi connectivity index (χ2v) is 7.63. The van der Waals surface area contributed by atoms with Crippen LogP contribution >= 0.6 is 0 Å². The summed E-state index contributed by atoms with van der Waals surface area (Å²) in [5, 5.41) is 17.5. The van der Waals surface area contributed by atoms with Crippen molar-refractivity contribution in [3.05, 3.63) is 64.0 Å². The molecule has 2 N–H and O–H groups in total. The fourth-order valence-electron chi connectivity index (χ4n) is 3.62. The van der Waals surface area contributed by atoms with Crippen LogP contribution in [-0.2, 0) is 4.79 Å². The smallest absolute Gasteiger partial charge is 0.293 e. The van der Waals surface area contributed by atoms with E-state index in [9.17, 15) is 19.7 Å². The molecule has 2 heterocycles.